The Hall–Kier alpha value is -1.23. The minimum Gasteiger partial charge on any atom is -0.348 e. The van der Waals surface area contributed by atoms with Gasteiger partial charge in [0.2, 0.25) is 6.43 Å². The van der Waals surface area contributed by atoms with Gasteiger partial charge in [0.25, 0.3) is 0 Å². The number of hydrogen-bond acceptors (Lipinski definition) is 3. The van der Waals surface area contributed by atoms with Gasteiger partial charge < -0.3 is 4.90 Å². The van der Waals surface area contributed by atoms with Gasteiger partial charge in [-0.2, -0.15) is 0 Å². The minimum atomic E-state index is -2.22. The molecule has 0 bridgehead atoms. The number of rotatable bonds is 3. The van der Waals surface area contributed by atoms with Crippen molar-refractivity contribution in [3.63, 3.8) is 0 Å². The largest absolute Gasteiger partial charge is 0.348 e. The number of thiazole rings is 1. The molecule has 1 unspecified atom stereocenters. The van der Waals surface area contributed by atoms with Crippen molar-refractivity contribution in [1.82, 2.24) is 4.98 Å². The molecule has 1 aromatic heterocycles. The molecule has 2 nitrogen and oxygen atoms in total. The molecule has 1 aliphatic heterocycles. The molecule has 0 amide bonds. The Balaban J connectivity index is 1.90. The van der Waals surface area contributed by atoms with Crippen molar-refractivity contribution in [2.75, 3.05) is 18.0 Å². The third-order valence-corrected chi connectivity index (χ3v) is 4.81. The molecule has 1 atom stereocenters. The van der Waals surface area contributed by atoms with Crippen molar-refractivity contribution in [3.8, 4) is 0 Å². The van der Waals surface area contributed by atoms with Crippen LogP contribution in [0.1, 0.15) is 18.9 Å². The SMILES string of the molecule is CCc1cccc2sc(N3CCC(C(F)F)C3)nc12. The number of halogens is 2. The lowest BCUT2D eigenvalue weighted by Gasteiger charge is -2.14. The molecule has 2 aromatic rings. The normalized spacial score (nSPS) is 19.8. The van der Waals surface area contributed by atoms with Crippen molar-refractivity contribution >= 4 is 26.7 Å². The van der Waals surface area contributed by atoms with Crippen molar-refractivity contribution in [1.29, 1.82) is 0 Å². The Morgan fingerprint density at radius 1 is 1.47 bits per heavy atom. The van der Waals surface area contributed by atoms with Crippen molar-refractivity contribution in [2.45, 2.75) is 26.2 Å². The van der Waals surface area contributed by atoms with Crippen LogP contribution in [0.4, 0.5) is 13.9 Å². The number of nitrogens with zero attached hydrogens (tertiary/aromatic N) is 2. The Morgan fingerprint density at radius 3 is 3.00 bits per heavy atom. The van der Waals surface area contributed by atoms with Crippen LogP contribution in [-0.4, -0.2) is 24.5 Å². The lowest BCUT2D eigenvalue weighted by molar-refractivity contribution is 0.0880. The average Bonchev–Trinajstić information content (AvgIpc) is 3.04. The molecule has 0 saturated carbocycles. The van der Waals surface area contributed by atoms with Crippen LogP contribution in [0.5, 0.6) is 0 Å². The molecule has 19 heavy (non-hydrogen) atoms. The van der Waals surface area contributed by atoms with Crippen molar-refractivity contribution in [2.24, 2.45) is 5.92 Å². The van der Waals surface area contributed by atoms with Gasteiger partial charge in [-0.1, -0.05) is 30.4 Å². The quantitative estimate of drug-likeness (QED) is 0.847. The first-order chi connectivity index (χ1) is 9.19. The van der Waals surface area contributed by atoms with Crippen LogP contribution in [0.15, 0.2) is 18.2 Å². The first kappa shape index (κ1) is 12.8. The van der Waals surface area contributed by atoms with Gasteiger partial charge in [0, 0.05) is 19.0 Å². The number of fused-ring (bicyclic) bond motifs is 1. The highest BCUT2D eigenvalue weighted by atomic mass is 32.1. The summed E-state index contributed by atoms with van der Waals surface area (Å²) in [6.07, 6.45) is -0.709. The minimum absolute atomic E-state index is 0.430. The Bertz CT molecular complexity index is 582. The van der Waals surface area contributed by atoms with Crippen LogP contribution < -0.4 is 4.90 Å². The lowest BCUT2D eigenvalue weighted by atomic mass is 10.1. The first-order valence-electron chi connectivity index (χ1n) is 6.60. The topological polar surface area (TPSA) is 16.1 Å². The summed E-state index contributed by atoms with van der Waals surface area (Å²) in [5, 5.41) is 0.888. The summed E-state index contributed by atoms with van der Waals surface area (Å²) >= 11 is 1.61. The van der Waals surface area contributed by atoms with E-state index in [0.29, 0.717) is 19.5 Å². The van der Waals surface area contributed by atoms with E-state index in [-0.39, 0.29) is 0 Å². The van der Waals surface area contributed by atoms with Crippen LogP contribution >= 0.6 is 11.3 Å². The lowest BCUT2D eigenvalue weighted by Crippen LogP contribution is -2.21. The van der Waals surface area contributed by atoms with E-state index in [4.69, 9.17) is 0 Å². The summed E-state index contributed by atoms with van der Waals surface area (Å²) < 4.78 is 26.6. The second-order valence-electron chi connectivity index (χ2n) is 4.94. The van der Waals surface area contributed by atoms with Gasteiger partial charge in [0.05, 0.1) is 10.2 Å². The molecule has 1 fully saturated rings. The Morgan fingerprint density at radius 2 is 2.32 bits per heavy atom. The summed E-state index contributed by atoms with van der Waals surface area (Å²) in [5.41, 5.74) is 2.26. The second kappa shape index (κ2) is 5.04. The number of alkyl halides is 2. The van der Waals surface area contributed by atoms with Gasteiger partial charge in [-0.25, -0.2) is 13.8 Å². The number of benzene rings is 1. The number of aromatic nitrogens is 1. The molecule has 3 rings (SSSR count). The van der Waals surface area contributed by atoms with Gasteiger partial charge in [0.15, 0.2) is 5.13 Å². The molecular formula is C14H16F2N2S. The summed E-state index contributed by atoms with van der Waals surface area (Å²) in [5.74, 6) is -0.502. The van der Waals surface area contributed by atoms with E-state index in [2.05, 4.69) is 24.0 Å². The van der Waals surface area contributed by atoms with E-state index in [1.54, 1.807) is 11.3 Å². The fourth-order valence-electron chi connectivity index (χ4n) is 2.58. The van der Waals surface area contributed by atoms with Gasteiger partial charge >= 0.3 is 0 Å². The standard InChI is InChI=1S/C14H16F2N2S/c1-2-9-4-3-5-11-12(9)17-14(19-11)18-7-6-10(8-18)13(15)16/h3-5,10,13H,2,6-8H2,1H3. The van der Waals surface area contributed by atoms with Crippen LogP contribution in [-0.2, 0) is 6.42 Å². The number of hydrogen-bond donors (Lipinski definition) is 0. The molecule has 102 valence electrons. The van der Waals surface area contributed by atoms with Gasteiger partial charge in [-0.15, -0.1) is 0 Å². The van der Waals surface area contributed by atoms with Gasteiger partial charge in [0.1, 0.15) is 0 Å². The highest BCUT2D eigenvalue weighted by Crippen LogP contribution is 2.34. The zero-order valence-electron chi connectivity index (χ0n) is 10.8. The van der Waals surface area contributed by atoms with E-state index in [1.807, 2.05) is 11.0 Å². The van der Waals surface area contributed by atoms with Crippen molar-refractivity contribution < 1.29 is 8.78 Å². The molecule has 0 aliphatic carbocycles. The highest BCUT2D eigenvalue weighted by molar-refractivity contribution is 7.22. The summed E-state index contributed by atoms with van der Waals surface area (Å²) in [6.45, 7) is 3.23. The maximum absolute atomic E-state index is 12.7. The van der Waals surface area contributed by atoms with E-state index < -0.39 is 12.3 Å². The van der Waals surface area contributed by atoms with E-state index in [1.165, 1.54) is 5.56 Å². The van der Waals surface area contributed by atoms with Gasteiger partial charge in [-0.3, -0.25) is 0 Å². The number of aryl methyl sites for hydroxylation is 1. The van der Waals surface area contributed by atoms with E-state index >= 15 is 0 Å². The number of anilines is 1. The first-order valence-corrected chi connectivity index (χ1v) is 7.42. The molecule has 0 radical (unpaired) electrons. The van der Waals surface area contributed by atoms with Crippen LogP contribution in [0.25, 0.3) is 10.2 Å². The molecule has 2 heterocycles. The zero-order valence-corrected chi connectivity index (χ0v) is 11.6. The summed E-state index contributed by atoms with van der Waals surface area (Å²) in [4.78, 5) is 6.66. The monoisotopic (exact) mass is 282 g/mol. The molecular weight excluding hydrogens is 266 g/mol. The molecule has 0 N–H and O–H groups in total. The summed E-state index contributed by atoms with van der Waals surface area (Å²) in [7, 11) is 0. The zero-order chi connectivity index (χ0) is 13.4. The fourth-order valence-corrected chi connectivity index (χ4v) is 3.63. The highest BCUT2D eigenvalue weighted by Gasteiger charge is 2.31. The molecule has 1 saturated heterocycles. The van der Waals surface area contributed by atoms with Crippen LogP contribution in [0.2, 0.25) is 0 Å². The van der Waals surface area contributed by atoms with Gasteiger partial charge in [-0.05, 0) is 24.5 Å². The van der Waals surface area contributed by atoms with E-state index in [0.717, 1.165) is 21.8 Å². The van der Waals surface area contributed by atoms with Crippen LogP contribution in [0.3, 0.4) is 0 Å². The Labute approximate surface area is 115 Å². The average molecular weight is 282 g/mol. The maximum Gasteiger partial charge on any atom is 0.243 e. The second-order valence-corrected chi connectivity index (χ2v) is 5.95. The molecule has 1 aromatic carbocycles. The Kier molecular flexibility index (Phi) is 3.39. The third-order valence-electron chi connectivity index (χ3n) is 3.72. The number of para-hydroxylation sites is 1. The van der Waals surface area contributed by atoms with E-state index in [9.17, 15) is 8.78 Å². The predicted octanol–water partition coefficient (Wildman–Crippen LogP) is 3.95. The predicted molar refractivity (Wildman–Crippen MR) is 75.3 cm³/mol. The molecule has 0 spiro atoms. The fraction of sp³-hybridized carbons (Fsp3) is 0.500. The molecule has 1 aliphatic rings. The summed E-state index contributed by atoms with van der Waals surface area (Å²) in [6, 6.07) is 6.17. The molecule has 5 heteroatoms. The maximum atomic E-state index is 12.7. The smallest absolute Gasteiger partial charge is 0.243 e. The van der Waals surface area contributed by atoms with Crippen molar-refractivity contribution in [3.05, 3.63) is 23.8 Å². The van der Waals surface area contributed by atoms with Crippen LogP contribution in [0, 0.1) is 5.92 Å². The third kappa shape index (κ3) is 2.31.